The summed E-state index contributed by atoms with van der Waals surface area (Å²) in [5.74, 6) is 1.69. The molecule has 0 atom stereocenters. The highest BCUT2D eigenvalue weighted by Gasteiger charge is 2.14. The Labute approximate surface area is 97.0 Å². The van der Waals surface area contributed by atoms with Crippen molar-refractivity contribution < 1.29 is 0 Å². The molecule has 3 aromatic rings. The first-order chi connectivity index (χ1) is 7.58. The minimum absolute atomic E-state index is 0.792. The monoisotopic (exact) mass is 232 g/mol. The average Bonchev–Trinajstić information content (AvgIpc) is 2.70. The van der Waals surface area contributed by atoms with Crippen LogP contribution in [0.2, 0.25) is 0 Å². The lowest BCUT2D eigenvalue weighted by atomic mass is 10.2. The second kappa shape index (κ2) is 3.01. The van der Waals surface area contributed by atoms with Gasteiger partial charge in [-0.25, -0.2) is 9.97 Å². The van der Waals surface area contributed by atoms with Crippen molar-refractivity contribution in [1.29, 1.82) is 0 Å². The van der Waals surface area contributed by atoms with Gasteiger partial charge in [0.1, 0.15) is 16.5 Å². The predicted octanol–water partition coefficient (Wildman–Crippen LogP) is 2.57. The minimum atomic E-state index is 0.792. The van der Waals surface area contributed by atoms with Gasteiger partial charge >= 0.3 is 0 Å². The van der Waals surface area contributed by atoms with Crippen LogP contribution in [-0.2, 0) is 0 Å². The largest absolute Gasteiger partial charge is 0.222 e. The van der Waals surface area contributed by atoms with Crippen molar-refractivity contribution in [3.05, 3.63) is 22.1 Å². The smallest absolute Gasteiger partial charge is 0.168 e. The summed E-state index contributed by atoms with van der Waals surface area (Å²) in [5, 5.41) is 5.51. The van der Waals surface area contributed by atoms with Crippen LogP contribution < -0.4 is 0 Å². The highest BCUT2D eigenvalue weighted by Crippen LogP contribution is 2.31. The maximum atomic E-state index is 4.58. The Morgan fingerprint density at radius 1 is 1.06 bits per heavy atom. The molecule has 0 spiro atoms. The van der Waals surface area contributed by atoms with Gasteiger partial charge in [0.05, 0.1) is 5.39 Å². The Hall–Kier alpha value is -1.49. The quantitative estimate of drug-likeness (QED) is 0.598. The summed E-state index contributed by atoms with van der Waals surface area (Å²) in [6.07, 6.45) is 0. The summed E-state index contributed by atoms with van der Waals surface area (Å²) >= 11 is 1.72. The lowest BCUT2D eigenvalue weighted by molar-refractivity contribution is 0.861. The van der Waals surface area contributed by atoms with E-state index in [-0.39, 0.29) is 0 Å². The van der Waals surface area contributed by atoms with Gasteiger partial charge in [0.25, 0.3) is 0 Å². The summed E-state index contributed by atoms with van der Waals surface area (Å²) in [5.41, 5.74) is 2.20. The van der Waals surface area contributed by atoms with Gasteiger partial charge in [-0.1, -0.05) is 0 Å². The van der Waals surface area contributed by atoms with Gasteiger partial charge in [-0.15, -0.1) is 16.4 Å². The van der Waals surface area contributed by atoms with Crippen molar-refractivity contribution >= 4 is 27.2 Å². The Morgan fingerprint density at radius 3 is 2.56 bits per heavy atom. The molecule has 3 aromatic heterocycles. The number of rotatable bonds is 0. The fraction of sp³-hybridized carbons (Fsp3) is 0.364. The number of hydrogen-bond acceptors (Lipinski definition) is 4. The van der Waals surface area contributed by atoms with Gasteiger partial charge in [-0.3, -0.25) is 0 Å². The Kier molecular flexibility index (Phi) is 1.83. The molecule has 0 aromatic carbocycles. The maximum absolute atomic E-state index is 4.58. The lowest BCUT2D eigenvalue weighted by Crippen LogP contribution is -1.97. The third-order valence-electron chi connectivity index (χ3n) is 2.87. The van der Waals surface area contributed by atoms with E-state index in [1.54, 1.807) is 11.3 Å². The molecule has 16 heavy (non-hydrogen) atoms. The van der Waals surface area contributed by atoms with Crippen molar-refractivity contribution in [2.24, 2.45) is 0 Å². The van der Waals surface area contributed by atoms with Crippen LogP contribution in [0.15, 0.2) is 0 Å². The van der Waals surface area contributed by atoms with Crippen LogP contribution in [0.4, 0.5) is 0 Å². The van der Waals surface area contributed by atoms with E-state index < -0.39 is 0 Å². The van der Waals surface area contributed by atoms with Crippen LogP contribution in [0.3, 0.4) is 0 Å². The average molecular weight is 232 g/mol. The Morgan fingerprint density at radius 2 is 1.81 bits per heavy atom. The first kappa shape index (κ1) is 9.72. The van der Waals surface area contributed by atoms with Gasteiger partial charge in [0.15, 0.2) is 5.65 Å². The molecule has 0 radical (unpaired) electrons. The molecule has 0 fully saturated rings. The number of aromatic nitrogens is 4. The van der Waals surface area contributed by atoms with Crippen molar-refractivity contribution in [2.75, 3.05) is 0 Å². The van der Waals surface area contributed by atoms with Crippen molar-refractivity contribution in [2.45, 2.75) is 27.7 Å². The molecule has 0 saturated heterocycles. The van der Waals surface area contributed by atoms with Crippen LogP contribution in [0.5, 0.6) is 0 Å². The predicted molar refractivity (Wildman–Crippen MR) is 65.1 cm³/mol. The molecule has 0 aliphatic rings. The summed E-state index contributed by atoms with van der Waals surface area (Å²) in [4.78, 5) is 11.4. The third-order valence-corrected chi connectivity index (χ3v) is 3.97. The van der Waals surface area contributed by atoms with Crippen LogP contribution in [-0.4, -0.2) is 19.6 Å². The molecule has 0 bridgehead atoms. The summed E-state index contributed by atoms with van der Waals surface area (Å²) in [7, 11) is 0. The van der Waals surface area contributed by atoms with Crippen LogP contribution in [0, 0.1) is 27.7 Å². The second-order valence-electron chi connectivity index (χ2n) is 4.02. The molecule has 0 aliphatic carbocycles. The molecule has 0 unspecified atom stereocenters. The molecule has 5 heteroatoms. The molecular weight excluding hydrogens is 220 g/mol. The van der Waals surface area contributed by atoms with E-state index in [9.17, 15) is 0 Å². The first-order valence-electron chi connectivity index (χ1n) is 5.17. The zero-order valence-corrected chi connectivity index (χ0v) is 10.5. The normalized spacial score (nSPS) is 11.8. The molecule has 3 rings (SSSR count). The summed E-state index contributed by atoms with van der Waals surface area (Å²) < 4.78 is 1.83. The number of fused-ring (bicyclic) bond motifs is 3. The van der Waals surface area contributed by atoms with E-state index in [4.69, 9.17) is 0 Å². The van der Waals surface area contributed by atoms with Gasteiger partial charge in [-0.05, 0) is 33.3 Å². The van der Waals surface area contributed by atoms with Crippen molar-refractivity contribution in [1.82, 2.24) is 19.6 Å². The molecule has 3 heterocycles. The Bertz CT molecular complexity index is 708. The lowest BCUT2D eigenvalue weighted by Gasteiger charge is -1.98. The fourth-order valence-electron chi connectivity index (χ4n) is 1.95. The molecule has 0 amide bonds. The summed E-state index contributed by atoms with van der Waals surface area (Å²) in [6, 6.07) is 0. The van der Waals surface area contributed by atoms with Crippen LogP contribution in [0.25, 0.3) is 15.9 Å². The van der Waals surface area contributed by atoms with E-state index in [0.717, 1.165) is 27.5 Å². The number of nitrogens with zero attached hydrogens (tertiary/aromatic N) is 4. The standard InChI is InChI=1S/C11H12N4S/c1-5-6(2)16-11-9(5)10-12-7(3)14-15(10)8(4)13-11/h1-4H3. The van der Waals surface area contributed by atoms with E-state index >= 15 is 0 Å². The van der Waals surface area contributed by atoms with E-state index in [1.807, 2.05) is 18.4 Å². The fourth-order valence-corrected chi connectivity index (χ4v) is 3.02. The molecule has 4 nitrogen and oxygen atoms in total. The zero-order valence-electron chi connectivity index (χ0n) is 9.70. The van der Waals surface area contributed by atoms with Gasteiger partial charge < -0.3 is 0 Å². The first-order valence-corrected chi connectivity index (χ1v) is 5.99. The molecule has 0 saturated carbocycles. The second-order valence-corrected chi connectivity index (χ2v) is 5.22. The van der Waals surface area contributed by atoms with Crippen LogP contribution >= 0.6 is 11.3 Å². The molecule has 0 aliphatic heterocycles. The van der Waals surface area contributed by atoms with Gasteiger partial charge in [0.2, 0.25) is 0 Å². The van der Waals surface area contributed by atoms with E-state index in [0.29, 0.717) is 0 Å². The van der Waals surface area contributed by atoms with Gasteiger partial charge in [0, 0.05) is 4.88 Å². The summed E-state index contributed by atoms with van der Waals surface area (Å²) in [6.45, 7) is 8.11. The molecule has 82 valence electrons. The number of thiophene rings is 1. The molecule has 0 N–H and O–H groups in total. The van der Waals surface area contributed by atoms with E-state index in [1.165, 1.54) is 10.4 Å². The third kappa shape index (κ3) is 1.12. The highest BCUT2D eigenvalue weighted by molar-refractivity contribution is 7.18. The Balaban J connectivity index is 2.65. The number of hydrogen-bond donors (Lipinski definition) is 0. The van der Waals surface area contributed by atoms with Crippen molar-refractivity contribution in [3.8, 4) is 0 Å². The molecular formula is C11H12N4S. The van der Waals surface area contributed by atoms with Crippen molar-refractivity contribution in [3.63, 3.8) is 0 Å². The zero-order chi connectivity index (χ0) is 11.4. The highest BCUT2D eigenvalue weighted by atomic mass is 32.1. The van der Waals surface area contributed by atoms with Gasteiger partial charge in [-0.2, -0.15) is 4.52 Å². The van der Waals surface area contributed by atoms with E-state index in [2.05, 4.69) is 28.9 Å². The van der Waals surface area contributed by atoms with Crippen LogP contribution in [0.1, 0.15) is 22.1 Å². The SMILES string of the molecule is Cc1nc2c3c(C)c(C)sc3nc(C)n2n1. The maximum Gasteiger partial charge on any atom is 0.168 e. The number of aryl methyl sites for hydroxylation is 4. The topological polar surface area (TPSA) is 43.1 Å². The minimum Gasteiger partial charge on any atom is -0.222 e.